The van der Waals surface area contributed by atoms with Crippen LogP contribution in [0.4, 0.5) is 0 Å². The van der Waals surface area contributed by atoms with Crippen molar-refractivity contribution in [2.75, 3.05) is 0 Å². The van der Waals surface area contributed by atoms with Crippen molar-refractivity contribution in [3.05, 3.63) is 212 Å². The summed E-state index contributed by atoms with van der Waals surface area (Å²) in [6.45, 7) is 0. The number of aromatic nitrogens is 4. The molecule has 4 aromatic carbocycles. The minimum atomic E-state index is -0.0604. The fourth-order valence-corrected chi connectivity index (χ4v) is 7.27. The second-order valence-electron chi connectivity index (χ2n) is 12.7. The molecule has 5 heterocycles. The first-order valence-electron chi connectivity index (χ1n) is 16.8. The number of rotatable bonds is 4. The maximum Gasteiger partial charge on any atom is 0.127 e. The first-order chi connectivity index (χ1) is 25.4. The Bertz CT molecular complexity index is 2650. The molecule has 8 heteroatoms. The number of H-pyrrole nitrogens is 4. The zero-order valence-corrected chi connectivity index (χ0v) is 27.6. The van der Waals surface area contributed by atoms with E-state index in [4.69, 9.17) is 0 Å². The minimum absolute atomic E-state index is 0.0604. The summed E-state index contributed by atoms with van der Waals surface area (Å²) >= 11 is 0. The Morgan fingerprint density at radius 3 is 0.923 bits per heavy atom. The van der Waals surface area contributed by atoms with E-state index < -0.39 is 0 Å². The molecule has 8 bridgehead atoms. The average molecular weight is 681 g/mol. The number of phenols is 4. The van der Waals surface area contributed by atoms with Gasteiger partial charge in [-0.25, -0.2) is 0 Å². The Kier molecular flexibility index (Phi) is 7.22. The van der Waals surface area contributed by atoms with Crippen molar-refractivity contribution < 1.29 is 20.4 Å². The minimum Gasteiger partial charge on any atom is -0.507 e. The zero-order chi connectivity index (χ0) is 35.3. The number of hydrogen-bond acceptors (Lipinski definition) is 4. The Morgan fingerprint density at radius 1 is 0.269 bits per heavy atom. The van der Waals surface area contributed by atoms with Crippen molar-refractivity contribution in [1.82, 2.24) is 19.9 Å². The van der Waals surface area contributed by atoms with Crippen LogP contribution in [0, 0.1) is 0 Å². The molecule has 52 heavy (non-hydrogen) atoms. The van der Waals surface area contributed by atoms with Gasteiger partial charge >= 0.3 is 0 Å². The van der Waals surface area contributed by atoms with E-state index in [2.05, 4.69) is 19.9 Å². The quantitative estimate of drug-likeness (QED) is 0.131. The molecule has 0 atom stereocenters. The molecule has 8 N–H and O–H groups in total. The number of aromatic amines is 4. The van der Waals surface area contributed by atoms with Gasteiger partial charge in [0, 0.05) is 66.5 Å². The van der Waals surface area contributed by atoms with Gasteiger partial charge in [-0.15, -0.1) is 0 Å². The molecule has 252 valence electrons. The summed E-state index contributed by atoms with van der Waals surface area (Å²) in [5.74, 6) is -0.242. The standard InChI is InChI=1S/C44H32N4O4/c49-35-13-7-14-36(50)43(35)41-31-21-17-27(45-31)39(25-9-3-1-4-10-25)28-18-22-32(46-28)42(44-37(51)15-8-16-38(44)52)34-24-20-30(48-34)40(26-11-5-2-6-12-26)29-19-23-33(41)47-29/h1-24,45-52H. The van der Waals surface area contributed by atoms with Crippen LogP contribution in [0.25, 0.3) is 22.3 Å². The first-order valence-corrected chi connectivity index (χ1v) is 16.8. The molecule has 0 unspecified atom stereocenters. The molecule has 9 rings (SSSR count). The molecule has 0 aliphatic carbocycles. The summed E-state index contributed by atoms with van der Waals surface area (Å²) in [6.07, 6.45) is 0. The number of phenolic OH excluding ortho intramolecular Hbond substituents is 4. The lowest BCUT2D eigenvalue weighted by atomic mass is 10.0. The van der Waals surface area contributed by atoms with Gasteiger partial charge in [0.05, 0.1) is 11.1 Å². The molecule has 0 radical (unpaired) electrons. The number of fused-ring (bicyclic) bond motifs is 8. The van der Waals surface area contributed by atoms with Crippen molar-refractivity contribution in [3.8, 4) is 23.0 Å². The largest absolute Gasteiger partial charge is 0.507 e. The van der Waals surface area contributed by atoms with Crippen LogP contribution in [-0.4, -0.2) is 40.4 Å². The molecule has 0 spiro atoms. The smallest absolute Gasteiger partial charge is 0.127 e. The Balaban J connectivity index is 1.47. The molecule has 1 aliphatic heterocycles. The second-order valence-corrected chi connectivity index (χ2v) is 12.7. The van der Waals surface area contributed by atoms with E-state index >= 15 is 0 Å². The SMILES string of the molecule is Oc1cccc(O)c1C1=c2ccc([nH]2)=C(c2ccccc2)c2ccc([nH]2)C(c2c(O)cccc2O)=c2ccc([nH]2)=C(c2ccccc2)c2ccc1[nH]2. The van der Waals surface area contributed by atoms with Crippen molar-refractivity contribution in [2.45, 2.75) is 0 Å². The molecule has 0 amide bonds. The summed E-state index contributed by atoms with van der Waals surface area (Å²) < 4.78 is 0. The topological polar surface area (TPSA) is 144 Å². The van der Waals surface area contributed by atoms with E-state index in [1.807, 2.05) is 109 Å². The Labute approximate surface area is 297 Å². The van der Waals surface area contributed by atoms with Crippen LogP contribution in [0.3, 0.4) is 0 Å². The summed E-state index contributed by atoms with van der Waals surface area (Å²) in [5.41, 5.74) is 8.28. The summed E-state index contributed by atoms with van der Waals surface area (Å²) in [5, 5.41) is 47.7. The predicted octanol–water partition coefficient (Wildman–Crippen LogP) is 5.12. The van der Waals surface area contributed by atoms with Crippen LogP contribution < -0.4 is 21.4 Å². The van der Waals surface area contributed by atoms with Gasteiger partial charge in [0.2, 0.25) is 0 Å². The number of hydrogen-bond donors (Lipinski definition) is 8. The third kappa shape index (κ3) is 5.09. The molecule has 0 saturated carbocycles. The lowest BCUT2D eigenvalue weighted by molar-refractivity contribution is 0.446. The molecule has 4 aromatic heterocycles. The van der Waals surface area contributed by atoms with E-state index in [9.17, 15) is 20.4 Å². The highest BCUT2D eigenvalue weighted by atomic mass is 16.3. The van der Waals surface area contributed by atoms with Crippen LogP contribution in [0.1, 0.15) is 45.0 Å². The van der Waals surface area contributed by atoms with Gasteiger partial charge in [0.15, 0.2) is 0 Å². The molecule has 0 saturated heterocycles. The number of aromatic hydroxyl groups is 4. The van der Waals surface area contributed by atoms with Crippen LogP contribution in [-0.2, 0) is 0 Å². The molecule has 8 aromatic rings. The number of benzene rings is 4. The molecular weight excluding hydrogens is 649 g/mol. The third-order valence-corrected chi connectivity index (χ3v) is 9.56. The van der Waals surface area contributed by atoms with Crippen molar-refractivity contribution in [3.63, 3.8) is 0 Å². The highest BCUT2D eigenvalue weighted by Gasteiger charge is 2.22. The van der Waals surface area contributed by atoms with E-state index in [1.165, 1.54) is 0 Å². The van der Waals surface area contributed by atoms with Crippen molar-refractivity contribution in [2.24, 2.45) is 0 Å². The van der Waals surface area contributed by atoms with Gasteiger partial charge in [-0.1, -0.05) is 72.8 Å². The summed E-state index contributed by atoms with van der Waals surface area (Å²) in [6, 6.07) is 45.1. The Morgan fingerprint density at radius 2 is 0.577 bits per heavy atom. The van der Waals surface area contributed by atoms with E-state index in [0.717, 1.165) is 44.4 Å². The molecular formula is C44H32N4O4. The van der Waals surface area contributed by atoms with Gasteiger partial charge in [0.1, 0.15) is 23.0 Å². The van der Waals surface area contributed by atoms with E-state index in [-0.39, 0.29) is 23.0 Å². The van der Waals surface area contributed by atoms with Gasteiger partial charge in [-0.05, 0) is 83.9 Å². The predicted molar refractivity (Wildman–Crippen MR) is 201 cm³/mol. The van der Waals surface area contributed by atoms with Crippen molar-refractivity contribution >= 4 is 22.3 Å². The fraction of sp³-hybridized carbons (Fsp3) is 0. The van der Waals surface area contributed by atoms with Crippen LogP contribution in [0.15, 0.2) is 146 Å². The first kappa shape index (κ1) is 30.7. The maximum absolute atomic E-state index is 11.2. The lowest BCUT2D eigenvalue weighted by Crippen LogP contribution is -2.19. The van der Waals surface area contributed by atoms with Crippen molar-refractivity contribution in [1.29, 1.82) is 0 Å². The van der Waals surface area contributed by atoms with Crippen LogP contribution in [0.2, 0.25) is 0 Å². The van der Waals surface area contributed by atoms with Gasteiger partial charge in [-0.2, -0.15) is 0 Å². The monoisotopic (exact) mass is 680 g/mol. The van der Waals surface area contributed by atoms with Gasteiger partial charge < -0.3 is 40.4 Å². The Hall–Kier alpha value is -7.32. The highest BCUT2D eigenvalue weighted by Crippen LogP contribution is 2.37. The van der Waals surface area contributed by atoms with Crippen LogP contribution in [0.5, 0.6) is 23.0 Å². The second kappa shape index (κ2) is 12.2. The third-order valence-electron chi connectivity index (χ3n) is 9.56. The molecule has 8 nitrogen and oxygen atoms in total. The van der Waals surface area contributed by atoms with E-state index in [1.54, 1.807) is 36.4 Å². The van der Waals surface area contributed by atoms with Gasteiger partial charge in [0.25, 0.3) is 0 Å². The highest BCUT2D eigenvalue weighted by molar-refractivity contribution is 5.88. The van der Waals surface area contributed by atoms with Crippen LogP contribution >= 0.6 is 0 Å². The maximum atomic E-state index is 11.2. The molecule has 1 aliphatic rings. The number of nitrogens with one attached hydrogen (secondary N) is 4. The molecule has 0 fully saturated rings. The zero-order valence-electron chi connectivity index (χ0n) is 27.6. The summed E-state index contributed by atoms with van der Waals surface area (Å²) in [4.78, 5) is 14.5. The average Bonchev–Trinajstić information content (AvgIpc) is 3.99. The lowest BCUT2D eigenvalue weighted by Gasteiger charge is -2.12. The summed E-state index contributed by atoms with van der Waals surface area (Å²) in [7, 11) is 0. The fourth-order valence-electron chi connectivity index (χ4n) is 7.27. The van der Waals surface area contributed by atoms with E-state index in [0.29, 0.717) is 44.4 Å². The van der Waals surface area contributed by atoms with Gasteiger partial charge in [-0.3, -0.25) is 0 Å². The normalized spacial score (nSPS) is 12.8.